The first-order valence-electron chi connectivity index (χ1n) is 4.62. The molecule has 0 aliphatic rings. The monoisotopic (exact) mass is 223 g/mol. The number of para-hydroxylation sites is 1. The number of hydrogen-bond acceptors (Lipinski definition) is 6. The maximum atomic E-state index is 11.5. The Morgan fingerprint density at radius 2 is 1.94 bits per heavy atom. The van der Waals surface area contributed by atoms with E-state index in [2.05, 4.69) is 4.74 Å². The van der Waals surface area contributed by atoms with Crippen LogP contribution in [0.25, 0.3) is 0 Å². The highest BCUT2D eigenvalue weighted by Crippen LogP contribution is 2.11. The molecule has 1 atom stereocenters. The molecule has 1 rings (SSSR count). The minimum Gasteiger partial charge on any atom is -0.398 e. The van der Waals surface area contributed by atoms with Gasteiger partial charge < -0.3 is 21.9 Å². The Morgan fingerprint density at radius 3 is 2.50 bits per heavy atom. The van der Waals surface area contributed by atoms with Gasteiger partial charge in [0.25, 0.3) is 0 Å². The van der Waals surface area contributed by atoms with Gasteiger partial charge in [-0.2, -0.15) is 0 Å². The quantitative estimate of drug-likeness (QED) is 0.351. The summed E-state index contributed by atoms with van der Waals surface area (Å²) in [4.78, 5) is 22.7. The van der Waals surface area contributed by atoms with E-state index in [4.69, 9.17) is 17.2 Å². The van der Waals surface area contributed by atoms with Gasteiger partial charge in [-0.05, 0) is 12.1 Å². The lowest BCUT2D eigenvalue weighted by atomic mass is 10.2. The van der Waals surface area contributed by atoms with Crippen LogP contribution in [0.1, 0.15) is 10.4 Å². The molecule has 0 bridgehead atoms. The minimum absolute atomic E-state index is 0.0869. The number of ether oxygens (including phenoxy) is 1. The SMILES string of the molecule is NCC(N)C(=O)OC(=O)c1ccccc1N. The third kappa shape index (κ3) is 2.78. The zero-order valence-corrected chi connectivity index (χ0v) is 8.55. The normalized spacial score (nSPS) is 11.9. The number of rotatable bonds is 3. The number of carbonyl (C=O) groups excluding carboxylic acids is 2. The molecule has 16 heavy (non-hydrogen) atoms. The van der Waals surface area contributed by atoms with Crippen molar-refractivity contribution in [1.82, 2.24) is 0 Å². The molecule has 1 aromatic carbocycles. The molecule has 0 aliphatic carbocycles. The summed E-state index contributed by atoms with van der Waals surface area (Å²) >= 11 is 0. The molecule has 6 N–H and O–H groups in total. The van der Waals surface area contributed by atoms with Crippen LogP contribution in [0.15, 0.2) is 24.3 Å². The molecule has 0 aliphatic heterocycles. The van der Waals surface area contributed by atoms with E-state index in [1.807, 2.05) is 0 Å². The van der Waals surface area contributed by atoms with Gasteiger partial charge in [-0.3, -0.25) is 0 Å². The summed E-state index contributed by atoms with van der Waals surface area (Å²) < 4.78 is 4.51. The number of esters is 2. The van der Waals surface area contributed by atoms with Crippen LogP contribution in [0.4, 0.5) is 5.69 Å². The van der Waals surface area contributed by atoms with Crippen molar-refractivity contribution in [2.45, 2.75) is 6.04 Å². The zero-order chi connectivity index (χ0) is 12.1. The second-order valence-corrected chi connectivity index (χ2v) is 3.14. The van der Waals surface area contributed by atoms with E-state index in [0.29, 0.717) is 0 Å². The van der Waals surface area contributed by atoms with Crippen molar-refractivity contribution in [2.24, 2.45) is 11.5 Å². The van der Waals surface area contributed by atoms with Crippen LogP contribution in [0.3, 0.4) is 0 Å². The molecule has 86 valence electrons. The Morgan fingerprint density at radius 1 is 1.31 bits per heavy atom. The highest BCUT2D eigenvalue weighted by Gasteiger charge is 2.19. The molecule has 0 aromatic heterocycles. The van der Waals surface area contributed by atoms with Crippen LogP contribution >= 0.6 is 0 Å². The van der Waals surface area contributed by atoms with Gasteiger partial charge in [0.1, 0.15) is 6.04 Å². The van der Waals surface area contributed by atoms with Gasteiger partial charge in [0.05, 0.1) is 5.56 Å². The number of carbonyl (C=O) groups is 2. The second-order valence-electron chi connectivity index (χ2n) is 3.14. The topological polar surface area (TPSA) is 121 Å². The number of nitrogens with two attached hydrogens (primary N) is 3. The van der Waals surface area contributed by atoms with Gasteiger partial charge in [0.15, 0.2) is 0 Å². The molecule has 0 amide bonds. The third-order valence-electron chi connectivity index (χ3n) is 1.93. The van der Waals surface area contributed by atoms with Gasteiger partial charge in [-0.25, -0.2) is 9.59 Å². The van der Waals surface area contributed by atoms with Crippen LogP contribution in [-0.4, -0.2) is 24.5 Å². The first-order valence-corrected chi connectivity index (χ1v) is 4.62. The molecular formula is C10H13N3O3. The summed E-state index contributed by atoms with van der Waals surface area (Å²) in [6, 6.07) is 5.26. The smallest absolute Gasteiger partial charge is 0.347 e. The summed E-state index contributed by atoms with van der Waals surface area (Å²) in [6.07, 6.45) is 0. The van der Waals surface area contributed by atoms with Crippen LogP contribution < -0.4 is 17.2 Å². The lowest BCUT2D eigenvalue weighted by Gasteiger charge is -2.08. The Bertz CT molecular complexity index is 406. The third-order valence-corrected chi connectivity index (χ3v) is 1.93. The van der Waals surface area contributed by atoms with Gasteiger partial charge >= 0.3 is 11.9 Å². The summed E-state index contributed by atoms with van der Waals surface area (Å²) in [5.41, 5.74) is 16.4. The van der Waals surface area contributed by atoms with E-state index in [0.717, 1.165) is 0 Å². The van der Waals surface area contributed by atoms with Gasteiger partial charge in [-0.1, -0.05) is 12.1 Å². The van der Waals surface area contributed by atoms with Crippen LogP contribution in [0.2, 0.25) is 0 Å². The maximum Gasteiger partial charge on any atom is 0.347 e. The summed E-state index contributed by atoms with van der Waals surface area (Å²) in [5, 5.41) is 0. The van der Waals surface area contributed by atoms with Crippen molar-refractivity contribution >= 4 is 17.6 Å². The van der Waals surface area contributed by atoms with E-state index >= 15 is 0 Å². The van der Waals surface area contributed by atoms with Gasteiger partial charge in [-0.15, -0.1) is 0 Å². The van der Waals surface area contributed by atoms with Gasteiger partial charge in [0.2, 0.25) is 0 Å². The van der Waals surface area contributed by atoms with Crippen LogP contribution in [-0.2, 0) is 9.53 Å². The highest BCUT2D eigenvalue weighted by atomic mass is 16.6. The fraction of sp³-hybridized carbons (Fsp3) is 0.200. The van der Waals surface area contributed by atoms with Crippen molar-refractivity contribution in [2.75, 3.05) is 12.3 Å². The average molecular weight is 223 g/mol. The van der Waals surface area contributed by atoms with Crippen molar-refractivity contribution in [3.63, 3.8) is 0 Å². The molecule has 0 heterocycles. The predicted octanol–water partition coefficient (Wildman–Crippen LogP) is -0.762. The lowest BCUT2D eigenvalue weighted by molar-refractivity contribution is -0.139. The molecule has 1 unspecified atom stereocenters. The number of hydrogen-bond donors (Lipinski definition) is 3. The van der Waals surface area contributed by atoms with E-state index in [1.54, 1.807) is 12.1 Å². The molecule has 6 nitrogen and oxygen atoms in total. The highest BCUT2D eigenvalue weighted by molar-refractivity contribution is 6.01. The number of benzene rings is 1. The Balaban J connectivity index is 2.74. The minimum atomic E-state index is -1.01. The van der Waals surface area contributed by atoms with Gasteiger partial charge in [0, 0.05) is 12.2 Å². The fourth-order valence-corrected chi connectivity index (χ4v) is 1.00. The average Bonchev–Trinajstić information content (AvgIpc) is 2.28. The molecule has 0 saturated heterocycles. The standard InChI is InChI=1S/C10H13N3O3/c11-5-8(13)10(15)16-9(14)6-3-1-2-4-7(6)12/h1-4,8H,5,11-13H2. The Hall–Kier alpha value is -1.92. The lowest BCUT2D eigenvalue weighted by Crippen LogP contribution is -2.40. The van der Waals surface area contributed by atoms with Crippen molar-refractivity contribution < 1.29 is 14.3 Å². The van der Waals surface area contributed by atoms with Crippen LogP contribution in [0.5, 0.6) is 0 Å². The number of nitrogen functional groups attached to an aromatic ring is 1. The largest absolute Gasteiger partial charge is 0.398 e. The molecule has 0 spiro atoms. The summed E-state index contributed by atoms with van der Waals surface area (Å²) in [5.74, 6) is -1.69. The molecule has 6 heteroatoms. The van der Waals surface area contributed by atoms with Crippen LogP contribution in [0, 0.1) is 0 Å². The van der Waals surface area contributed by atoms with Crippen molar-refractivity contribution in [3.05, 3.63) is 29.8 Å². The zero-order valence-electron chi connectivity index (χ0n) is 8.55. The summed E-state index contributed by atoms with van der Waals surface area (Å²) in [7, 11) is 0. The Kier molecular flexibility index (Phi) is 3.98. The summed E-state index contributed by atoms with van der Waals surface area (Å²) in [6.45, 7) is -0.0869. The molecule has 0 radical (unpaired) electrons. The number of anilines is 1. The van der Waals surface area contributed by atoms with E-state index in [-0.39, 0.29) is 17.8 Å². The predicted molar refractivity (Wildman–Crippen MR) is 58.3 cm³/mol. The molecular weight excluding hydrogens is 210 g/mol. The first-order chi connectivity index (χ1) is 7.56. The molecule has 1 aromatic rings. The molecule has 0 fully saturated rings. The Labute approximate surface area is 92.3 Å². The maximum absolute atomic E-state index is 11.5. The second kappa shape index (κ2) is 5.24. The fourth-order valence-electron chi connectivity index (χ4n) is 1.00. The van der Waals surface area contributed by atoms with E-state index in [9.17, 15) is 9.59 Å². The van der Waals surface area contributed by atoms with Crippen molar-refractivity contribution in [1.29, 1.82) is 0 Å². The van der Waals surface area contributed by atoms with E-state index in [1.165, 1.54) is 12.1 Å². The molecule has 0 saturated carbocycles. The first kappa shape index (κ1) is 12.2. The van der Waals surface area contributed by atoms with Crippen molar-refractivity contribution in [3.8, 4) is 0 Å². The van der Waals surface area contributed by atoms with E-state index < -0.39 is 18.0 Å².